The van der Waals surface area contributed by atoms with Crippen LogP contribution < -0.4 is 21.3 Å². The third kappa shape index (κ3) is 3.50. The molecule has 0 bridgehead atoms. The van der Waals surface area contributed by atoms with Crippen LogP contribution in [0, 0.1) is 0 Å². The first kappa shape index (κ1) is 16.3. The molecule has 3 heterocycles. The quantitative estimate of drug-likeness (QED) is 0.516. The Balaban J connectivity index is 1.59. The van der Waals surface area contributed by atoms with E-state index in [2.05, 4.69) is 21.3 Å². The number of rotatable bonds is 2. The molecule has 3 aliphatic heterocycles. The summed E-state index contributed by atoms with van der Waals surface area (Å²) < 4.78 is 0. The van der Waals surface area contributed by atoms with E-state index in [1.54, 1.807) is 0 Å². The first-order valence-electron chi connectivity index (χ1n) is 7.90. The molecule has 0 unspecified atom stereocenters. The molecule has 0 aromatic carbocycles. The number of piperidine rings is 2. The number of carbonyl (C=O) groups excluding carboxylic acids is 2. The smallest absolute Gasteiger partial charge is 0.244 e. The van der Waals surface area contributed by atoms with Crippen molar-refractivity contribution in [3.05, 3.63) is 0 Å². The molecular formula is C14H22Cl2N4O2. The third-order valence-electron chi connectivity index (χ3n) is 4.75. The van der Waals surface area contributed by atoms with Crippen molar-refractivity contribution in [2.45, 2.75) is 60.6 Å². The second-order valence-electron chi connectivity index (χ2n) is 6.35. The molecule has 3 aliphatic rings. The van der Waals surface area contributed by atoms with E-state index < -0.39 is 12.1 Å². The highest BCUT2D eigenvalue weighted by molar-refractivity contribution is 6.21. The molecule has 2 amide bonds. The fourth-order valence-corrected chi connectivity index (χ4v) is 3.87. The van der Waals surface area contributed by atoms with Crippen molar-refractivity contribution in [2.75, 3.05) is 13.1 Å². The molecule has 4 N–H and O–H groups in total. The van der Waals surface area contributed by atoms with Crippen LogP contribution in [0.3, 0.4) is 0 Å². The number of amides is 2. The Morgan fingerprint density at radius 3 is 1.45 bits per heavy atom. The van der Waals surface area contributed by atoms with E-state index in [9.17, 15) is 9.59 Å². The lowest BCUT2D eigenvalue weighted by molar-refractivity contribution is -0.138. The monoisotopic (exact) mass is 348 g/mol. The molecule has 3 rings (SSSR count). The lowest BCUT2D eigenvalue weighted by Gasteiger charge is -2.40. The Labute approximate surface area is 140 Å². The number of alkyl halides is 2. The Morgan fingerprint density at radius 1 is 0.727 bits per heavy atom. The van der Waals surface area contributed by atoms with Gasteiger partial charge in [-0.3, -0.25) is 9.59 Å². The zero-order valence-corrected chi connectivity index (χ0v) is 13.8. The van der Waals surface area contributed by atoms with E-state index in [0.717, 1.165) is 25.7 Å². The number of piperazine rings is 1. The highest BCUT2D eigenvalue weighted by Crippen LogP contribution is 2.20. The van der Waals surface area contributed by atoms with Crippen LogP contribution in [0.15, 0.2) is 0 Å². The first-order chi connectivity index (χ1) is 10.5. The van der Waals surface area contributed by atoms with Crippen molar-refractivity contribution in [1.82, 2.24) is 21.3 Å². The van der Waals surface area contributed by atoms with Gasteiger partial charge in [0, 0.05) is 35.9 Å². The molecule has 3 saturated heterocycles. The van der Waals surface area contributed by atoms with Crippen LogP contribution in [0.1, 0.15) is 25.7 Å². The van der Waals surface area contributed by atoms with Gasteiger partial charge < -0.3 is 21.3 Å². The van der Waals surface area contributed by atoms with Gasteiger partial charge in [0.25, 0.3) is 0 Å². The zero-order chi connectivity index (χ0) is 15.7. The minimum atomic E-state index is -0.516. The predicted molar refractivity (Wildman–Crippen MR) is 85.2 cm³/mol. The first-order valence-corrected chi connectivity index (χ1v) is 8.77. The SMILES string of the molecule is O=C1N[C@H]([C@H]2CC[C@@H](Cl)CN2)C(=O)N[C@@H]1[C@@H]1CC[C@H](Cl)CN1. The van der Waals surface area contributed by atoms with E-state index in [1.165, 1.54) is 0 Å². The number of hydrogen-bond acceptors (Lipinski definition) is 4. The summed E-state index contributed by atoms with van der Waals surface area (Å²) in [6, 6.07) is -1.13. The Kier molecular flexibility index (Phi) is 5.12. The van der Waals surface area contributed by atoms with Gasteiger partial charge in [0.1, 0.15) is 12.1 Å². The van der Waals surface area contributed by atoms with E-state index in [1.807, 2.05) is 0 Å². The van der Waals surface area contributed by atoms with Crippen LogP contribution in [0.2, 0.25) is 0 Å². The molecule has 0 aromatic rings. The van der Waals surface area contributed by atoms with Crippen molar-refractivity contribution in [2.24, 2.45) is 0 Å². The lowest BCUT2D eigenvalue weighted by atomic mass is 9.91. The molecule has 0 aromatic heterocycles. The van der Waals surface area contributed by atoms with E-state index in [-0.39, 0.29) is 34.7 Å². The minimum absolute atomic E-state index is 0.0496. The number of nitrogens with one attached hydrogen (secondary N) is 4. The van der Waals surface area contributed by atoms with Crippen molar-refractivity contribution in [3.8, 4) is 0 Å². The van der Waals surface area contributed by atoms with Gasteiger partial charge in [0.15, 0.2) is 0 Å². The summed E-state index contributed by atoms with van der Waals surface area (Å²) in [6.07, 6.45) is 3.27. The van der Waals surface area contributed by atoms with Crippen LogP contribution in [-0.4, -0.2) is 59.8 Å². The van der Waals surface area contributed by atoms with Crippen LogP contribution in [-0.2, 0) is 9.59 Å². The molecule has 8 heteroatoms. The van der Waals surface area contributed by atoms with Gasteiger partial charge in [-0.25, -0.2) is 0 Å². The highest BCUT2D eigenvalue weighted by atomic mass is 35.5. The summed E-state index contributed by atoms with van der Waals surface area (Å²) >= 11 is 12.1. The van der Waals surface area contributed by atoms with Crippen LogP contribution in [0.25, 0.3) is 0 Å². The standard InChI is InChI=1S/C14H22Cl2N4O2/c15-7-1-3-9(17-5-7)11-13(21)20-12(14(22)19-11)10-4-2-8(16)6-18-10/h7-12,17-18H,1-6H2,(H,19,22)(H,20,21)/t7-,8+,9-,10+,11-,12-/m1/s1. The largest absolute Gasteiger partial charge is 0.341 e. The van der Waals surface area contributed by atoms with E-state index in [4.69, 9.17) is 23.2 Å². The maximum Gasteiger partial charge on any atom is 0.244 e. The maximum absolute atomic E-state index is 12.4. The normalized spacial score (nSPS) is 43.4. The van der Waals surface area contributed by atoms with Gasteiger partial charge in [-0.2, -0.15) is 0 Å². The number of halogens is 2. The molecule has 3 fully saturated rings. The Hall–Kier alpha value is -0.560. The Bertz CT molecular complexity index is 395. The predicted octanol–water partition coefficient (Wildman–Crippen LogP) is -0.312. The zero-order valence-electron chi connectivity index (χ0n) is 12.3. The molecule has 0 aliphatic carbocycles. The van der Waals surface area contributed by atoms with Crippen LogP contribution in [0.5, 0.6) is 0 Å². The average Bonchev–Trinajstić information content (AvgIpc) is 2.51. The fraction of sp³-hybridized carbons (Fsp3) is 0.857. The average molecular weight is 349 g/mol. The molecule has 124 valence electrons. The van der Waals surface area contributed by atoms with E-state index in [0.29, 0.717) is 13.1 Å². The van der Waals surface area contributed by atoms with Crippen molar-refractivity contribution in [3.63, 3.8) is 0 Å². The topological polar surface area (TPSA) is 82.3 Å². The molecule has 6 nitrogen and oxygen atoms in total. The summed E-state index contributed by atoms with van der Waals surface area (Å²) in [5.41, 5.74) is 0. The van der Waals surface area contributed by atoms with Gasteiger partial charge in [0.2, 0.25) is 11.8 Å². The molecule has 0 saturated carbocycles. The molecule has 6 atom stereocenters. The number of carbonyl (C=O) groups is 2. The lowest BCUT2D eigenvalue weighted by Crippen LogP contribution is -2.71. The second kappa shape index (κ2) is 6.91. The second-order valence-corrected chi connectivity index (χ2v) is 7.59. The van der Waals surface area contributed by atoms with Gasteiger partial charge in [0.05, 0.1) is 0 Å². The summed E-state index contributed by atoms with van der Waals surface area (Å²) in [4.78, 5) is 24.8. The fourth-order valence-electron chi connectivity index (χ4n) is 3.44. The molecule has 0 spiro atoms. The summed E-state index contributed by atoms with van der Waals surface area (Å²) in [7, 11) is 0. The minimum Gasteiger partial charge on any atom is -0.341 e. The Morgan fingerprint density at radius 2 is 1.14 bits per heavy atom. The van der Waals surface area contributed by atoms with Crippen molar-refractivity contribution >= 4 is 35.0 Å². The van der Waals surface area contributed by atoms with Gasteiger partial charge in [-0.15, -0.1) is 23.2 Å². The van der Waals surface area contributed by atoms with Crippen LogP contribution in [0.4, 0.5) is 0 Å². The number of hydrogen-bond donors (Lipinski definition) is 4. The van der Waals surface area contributed by atoms with Crippen LogP contribution >= 0.6 is 23.2 Å². The summed E-state index contributed by atoms with van der Waals surface area (Å²) in [5.74, 6) is -0.241. The van der Waals surface area contributed by atoms with Crippen molar-refractivity contribution < 1.29 is 9.59 Å². The van der Waals surface area contributed by atoms with Gasteiger partial charge in [-0.1, -0.05) is 0 Å². The highest BCUT2D eigenvalue weighted by Gasteiger charge is 2.42. The molecule has 0 radical (unpaired) electrons. The van der Waals surface area contributed by atoms with E-state index >= 15 is 0 Å². The molecule has 22 heavy (non-hydrogen) atoms. The summed E-state index contributed by atoms with van der Waals surface area (Å²) in [6.45, 7) is 1.33. The molecular weight excluding hydrogens is 327 g/mol. The third-order valence-corrected chi connectivity index (χ3v) is 5.50. The van der Waals surface area contributed by atoms with Gasteiger partial charge >= 0.3 is 0 Å². The maximum atomic E-state index is 12.4. The van der Waals surface area contributed by atoms with Crippen molar-refractivity contribution in [1.29, 1.82) is 0 Å². The summed E-state index contributed by atoms with van der Waals surface area (Å²) in [5, 5.41) is 12.5. The van der Waals surface area contributed by atoms with Gasteiger partial charge in [-0.05, 0) is 25.7 Å².